The van der Waals surface area contributed by atoms with E-state index in [0.717, 1.165) is 32.1 Å². The second-order valence-corrected chi connectivity index (χ2v) is 5.07. The first-order chi connectivity index (χ1) is 7.18. The van der Waals surface area contributed by atoms with Gasteiger partial charge < -0.3 is 5.11 Å². The third-order valence-electron chi connectivity index (χ3n) is 3.70. The van der Waals surface area contributed by atoms with Gasteiger partial charge >= 0.3 is 0 Å². The molecule has 86 valence electrons. The van der Waals surface area contributed by atoms with Gasteiger partial charge in [-0.05, 0) is 32.7 Å². The van der Waals surface area contributed by atoms with Crippen molar-refractivity contribution >= 4 is 5.78 Å². The molecule has 2 rings (SSSR count). The fraction of sp³-hybridized carbons (Fsp3) is 0.917. The Morgan fingerprint density at radius 1 is 1.27 bits per heavy atom. The monoisotopic (exact) mass is 211 g/mol. The van der Waals surface area contributed by atoms with Crippen LogP contribution in [0.4, 0.5) is 0 Å². The molecule has 15 heavy (non-hydrogen) atoms. The number of ketones is 1. The molecule has 0 heterocycles. The lowest BCUT2D eigenvalue weighted by Crippen LogP contribution is -2.45. The molecular formula is C12H21NO2. The average molecular weight is 211 g/mol. The lowest BCUT2D eigenvalue weighted by Gasteiger charge is -2.34. The van der Waals surface area contributed by atoms with E-state index in [0.29, 0.717) is 18.2 Å². The standard InChI is InChI=1S/C12H21NO2/c1-13(8-12(15)9-6-7-9)10-4-2-3-5-11(10)14/h9-11,14H,2-8H2,1H3. The van der Waals surface area contributed by atoms with Crippen LogP contribution in [0.5, 0.6) is 0 Å². The van der Waals surface area contributed by atoms with Crippen LogP contribution in [0.3, 0.4) is 0 Å². The van der Waals surface area contributed by atoms with Crippen LogP contribution in [-0.2, 0) is 4.79 Å². The van der Waals surface area contributed by atoms with Crippen molar-refractivity contribution in [3.8, 4) is 0 Å². The second-order valence-electron chi connectivity index (χ2n) is 5.07. The van der Waals surface area contributed by atoms with E-state index in [-0.39, 0.29) is 12.1 Å². The number of carbonyl (C=O) groups excluding carboxylic acids is 1. The van der Waals surface area contributed by atoms with E-state index in [2.05, 4.69) is 4.90 Å². The zero-order valence-electron chi connectivity index (χ0n) is 9.48. The highest BCUT2D eigenvalue weighted by Crippen LogP contribution is 2.30. The molecule has 0 aromatic carbocycles. The van der Waals surface area contributed by atoms with Crippen LogP contribution in [0.15, 0.2) is 0 Å². The van der Waals surface area contributed by atoms with E-state index in [1.165, 1.54) is 6.42 Å². The molecule has 3 nitrogen and oxygen atoms in total. The minimum absolute atomic E-state index is 0.210. The quantitative estimate of drug-likeness (QED) is 0.759. The Bertz CT molecular complexity index is 238. The molecule has 2 aliphatic rings. The number of rotatable bonds is 4. The van der Waals surface area contributed by atoms with Crippen LogP contribution in [0, 0.1) is 5.92 Å². The molecular weight excluding hydrogens is 190 g/mol. The van der Waals surface area contributed by atoms with Crippen LogP contribution < -0.4 is 0 Å². The molecule has 2 fully saturated rings. The molecule has 3 heteroatoms. The first-order valence-corrected chi connectivity index (χ1v) is 6.09. The lowest BCUT2D eigenvalue weighted by atomic mass is 9.91. The van der Waals surface area contributed by atoms with E-state index < -0.39 is 0 Å². The van der Waals surface area contributed by atoms with Crippen molar-refractivity contribution in [3.05, 3.63) is 0 Å². The van der Waals surface area contributed by atoms with Crippen LogP contribution in [0.2, 0.25) is 0 Å². The summed E-state index contributed by atoms with van der Waals surface area (Å²) in [5.41, 5.74) is 0. The summed E-state index contributed by atoms with van der Waals surface area (Å²) < 4.78 is 0. The number of aliphatic hydroxyl groups excluding tert-OH is 1. The normalized spacial score (nSPS) is 31.9. The summed E-state index contributed by atoms with van der Waals surface area (Å²) in [5.74, 6) is 0.712. The molecule has 2 aliphatic carbocycles. The maximum Gasteiger partial charge on any atom is 0.149 e. The number of Topliss-reactive ketones (excluding diaryl/α,β-unsaturated/α-hetero) is 1. The van der Waals surface area contributed by atoms with Crippen molar-refractivity contribution in [1.82, 2.24) is 4.90 Å². The summed E-state index contributed by atoms with van der Waals surface area (Å²) in [6.45, 7) is 0.534. The summed E-state index contributed by atoms with van der Waals surface area (Å²) in [4.78, 5) is 13.7. The van der Waals surface area contributed by atoms with Crippen molar-refractivity contribution in [2.45, 2.75) is 50.7 Å². The molecule has 2 unspecified atom stereocenters. The van der Waals surface area contributed by atoms with Crippen LogP contribution >= 0.6 is 0 Å². The Morgan fingerprint density at radius 3 is 2.53 bits per heavy atom. The Labute approximate surface area is 91.5 Å². The minimum atomic E-state index is -0.226. The number of hydrogen-bond donors (Lipinski definition) is 1. The molecule has 0 aromatic rings. The number of carbonyl (C=O) groups is 1. The highest BCUT2D eigenvalue weighted by Gasteiger charge is 2.33. The molecule has 1 N–H and O–H groups in total. The maximum atomic E-state index is 11.6. The molecule has 0 saturated heterocycles. The smallest absolute Gasteiger partial charge is 0.149 e. The zero-order chi connectivity index (χ0) is 10.8. The third-order valence-corrected chi connectivity index (χ3v) is 3.70. The number of aliphatic hydroxyl groups is 1. The van der Waals surface area contributed by atoms with Gasteiger partial charge in [-0.1, -0.05) is 12.8 Å². The van der Waals surface area contributed by atoms with Crippen molar-refractivity contribution in [3.63, 3.8) is 0 Å². The van der Waals surface area contributed by atoms with E-state index in [9.17, 15) is 9.90 Å². The van der Waals surface area contributed by atoms with Gasteiger partial charge in [-0.3, -0.25) is 9.69 Å². The average Bonchev–Trinajstić information content (AvgIpc) is 3.01. The van der Waals surface area contributed by atoms with E-state index in [1.54, 1.807) is 0 Å². The summed E-state index contributed by atoms with van der Waals surface area (Å²) in [7, 11) is 1.97. The summed E-state index contributed by atoms with van der Waals surface area (Å²) in [6, 6.07) is 0.210. The van der Waals surface area contributed by atoms with Crippen LogP contribution in [0.25, 0.3) is 0 Å². The molecule has 0 aromatic heterocycles. The number of likely N-dealkylation sites (N-methyl/N-ethyl adjacent to an activating group) is 1. The summed E-state index contributed by atoms with van der Waals surface area (Å²) >= 11 is 0. The predicted molar refractivity (Wildman–Crippen MR) is 58.6 cm³/mol. The van der Waals surface area contributed by atoms with Crippen LogP contribution in [0.1, 0.15) is 38.5 Å². The first-order valence-electron chi connectivity index (χ1n) is 6.09. The van der Waals surface area contributed by atoms with E-state index in [4.69, 9.17) is 0 Å². The number of hydrogen-bond acceptors (Lipinski definition) is 3. The lowest BCUT2D eigenvalue weighted by molar-refractivity contribution is -0.122. The second kappa shape index (κ2) is 4.62. The first kappa shape index (κ1) is 11.1. The summed E-state index contributed by atoms with van der Waals surface area (Å²) in [5, 5.41) is 9.85. The van der Waals surface area contributed by atoms with Gasteiger partial charge in [0, 0.05) is 12.0 Å². The molecule has 0 spiro atoms. The van der Waals surface area contributed by atoms with Gasteiger partial charge in [0.1, 0.15) is 5.78 Å². The van der Waals surface area contributed by atoms with E-state index in [1.807, 2.05) is 7.05 Å². The Balaban J connectivity index is 1.82. The highest BCUT2D eigenvalue weighted by molar-refractivity contribution is 5.84. The van der Waals surface area contributed by atoms with Gasteiger partial charge in [-0.25, -0.2) is 0 Å². The molecule has 0 amide bonds. The molecule has 0 bridgehead atoms. The van der Waals surface area contributed by atoms with E-state index >= 15 is 0 Å². The van der Waals surface area contributed by atoms with Crippen molar-refractivity contribution < 1.29 is 9.90 Å². The van der Waals surface area contributed by atoms with Gasteiger partial charge in [0.2, 0.25) is 0 Å². The minimum Gasteiger partial charge on any atom is -0.391 e. The van der Waals surface area contributed by atoms with Crippen molar-refractivity contribution in [1.29, 1.82) is 0 Å². The Morgan fingerprint density at radius 2 is 1.93 bits per heavy atom. The van der Waals surface area contributed by atoms with Gasteiger partial charge in [-0.2, -0.15) is 0 Å². The van der Waals surface area contributed by atoms with Crippen LogP contribution in [-0.4, -0.2) is 41.5 Å². The zero-order valence-corrected chi connectivity index (χ0v) is 9.48. The van der Waals surface area contributed by atoms with Gasteiger partial charge in [-0.15, -0.1) is 0 Å². The van der Waals surface area contributed by atoms with Gasteiger partial charge in [0.15, 0.2) is 0 Å². The number of nitrogens with zero attached hydrogens (tertiary/aromatic N) is 1. The Kier molecular flexibility index (Phi) is 3.42. The fourth-order valence-electron chi connectivity index (χ4n) is 2.50. The third kappa shape index (κ3) is 2.79. The predicted octanol–water partition coefficient (Wildman–Crippen LogP) is 1.20. The van der Waals surface area contributed by atoms with Gasteiger partial charge in [0.25, 0.3) is 0 Å². The highest BCUT2D eigenvalue weighted by atomic mass is 16.3. The molecule has 2 saturated carbocycles. The fourth-order valence-corrected chi connectivity index (χ4v) is 2.50. The topological polar surface area (TPSA) is 40.5 Å². The maximum absolute atomic E-state index is 11.6. The SMILES string of the molecule is CN(CC(=O)C1CC1)C1CCCCC1O. The molecule has 0 aliphatic heterocycles. The van der Waals surface area contributed by atoms with Gasteiger partial charge in [0.05, 0.1) is 12.6 Å². The Hall–Kier alpha value is -0.410. The molecule has 2 atom stereocenters. The largest absolute Gasteiger partial charge is 0.391 e. The van der Waals surface area contributed by atoms with Crippen molar-refractivity contribution in [2.24, 2.45) is 5.92 Å². The van der Waals surface area contributed by atoms with Crippen molar-refractivity contribution in [2.75, 3.05) is 13.6 Å². The summed E-state index contributed by atoms with van der Waals surface area (Å²) in [6.07, 6.45) is 6.18. The molecule has 0 radical (unpaired) electrons.